The van der Waals surface area contributed by atoms with Crippen LogP contribution in [0.4, 0.5) is 0 Å². The first kappa shape index (κ1) is 43.6. The van der Waals surface area contributed by atoms with Crippen LogP contribution < -0.4 is 4.40 Å². The third-order valence-electron chi connectivity index (χ3n) is 11.9. The molecule has 6 aromatic carbocycles. The van der Waals surface area contributed by atoms with E-state index in [1.165, 1.54) is 26.6 Å². The molecule has 0 fully saturated rings. The van der Waals surface area contributed by atoms with Crippen molar-refractivity contribution in [3.63, 3.8) is 0 Å². The Kier molecular flexibility index (Phi) is 12.6. The van der Waals surface area contributed by atoms with Gasteiger partial charge in [0.25, 0.3) is 0 Å². The molecule has 0 aliphatic heterocycles. The minimum atomic E-state index is -2.03. The summed E-state index contributed by atoms with van der Waals surface area (Å²) in [5.41, 5.74) is 14.5. The zero-order chi connectivity index (χ0) is 44.9. The number of pyridine rings is 2. The Bertz CT molecular complexity index is 3280. The van der Waals surface area contributed by atoms with E-state index in [-0.39, 0.29) is 31.9 Å². The number of rotatable bonds is 8. The van der Waals surface area contributed by atoms with E-state index in [4.69, 9.17) is 15.8 Å². The van der Waals surface area contributed by atoms with Gasteiger partial charge in [0.05, 0.1) is 34.2 Å². The van der Waals surface area contributed by atoms with E-state index in [2.05, 4.69) is 146 Å². The van der Waals surface area contributed by atoms with E-state index in [1.54, 1.807) is 0 Å². The van der Waals surface area contributed by atoms with E-state index in [0.29, 0.717) is 0 Å². The van der Waals surface area contributed by atoms with Crippen molar-refractivity contribution in [1.29, 1.82) is 0 Å². The minimum absolute atomic E-state index is 0. The van der Waals surface area contributed by atoms with Gasteiger partial charge in [0, 0.05) is 36.6 Å². The molecule has 0 aliphatic rings. The smallest absolute Gasteiger partial charge is 0 e. The summed E-state index contributed by atoms with van der Waals surface area (Å²) >= 11 is -2.03. The molecule has 10 aromatic rings. The molecule has 0 aliphatic carbocycles. The van der Waals surface area contributed by atoms with Gasteiger partial charge in [0.1, 0.15) is 5.58 Å². The number of nitrogens with zero attached hydrogens (tertiary/aromatic N) is 4. The molecule has 10 rings (SSSR count). The fourth-order valence-electron chi connectivity index (χ4n) is 8.70. The summed E-state index contributed by atoms with van der Waals surface area (Å²) in [7, 11) is 0. The molecule has 0 saturated heterocycles. The SMILES string of the molecule is CC(C)c1cc(-c2ccccc2)cc(C(C)C)c1-n1c(-c2[c-]ccc3c2oc2ccccc23)nc2c3ccccc3ncc21.[2H]C(C)(C)c1cc(-c2[c-]cccc2)nc[c]1[Ge]([CH3])([CH3])[CH3].[Ir]. The van der Waals surface area contributed by atoms with Crippen molar-refractivity contribution < 1.29 is 25.9 Å². The molecule has 0 N–H and O–H groups in total. The molecule has 4 aromatic heterocycles. The zero-order valence-electron chi connectivity index (χ0n) is 39.0. The molecule has 7 heteroatoms. The molecular weight excluding hydrogens is 1020 g/mol. The number of hydrogen-bond acceptors (Lipinski definition) is 4. The van der Waals surface area contributed by atoms with Crippen molar-refractivity contribution in [2.45, 2.75) is 76.5 Å². The van der Waals surface area contributed by atoms with Gasteiger partial charge >= 0.3 is 120 Å². The molecule has 4 heterocycles. The second-order valence-electron chi connectivity index (χ2n) is 18.3. The molecule has 0 bridgehead atoms. The number of aromatic nitrogens is 4. The van der Waals surface area contributed by atoms with E-state index in [9.17, 15) is 0 Å². The number of para-hydroxylation sites is 2. The van der Waals surface area contributed by atoms with Gasteiger partial charge in [-0.3, -0.25) is 9.97 Å². The van der Waals surface area contributed by atoms with Gasteiger partial charge in [-0.2, -0.15) is 0 Å². The first-order chi connectivity index (χ1) is 30.7. The molecule has 0 spiro atoms. The molecule has 64 heavy (non-hydrogen) atoms. The first-order valence-corrected chi connectivity index (χ1v) is 29.3. The van der Waals surface area contributed by atoms with E-state index in [0.717, 1.165) is 77.8 Å². The molecule has 1 radical (unpaired) electrons. The van der Waals surface area contributed by atoms with Crippen LogP contribution in [0.2, 0.25) is 17.3 Å². The summed E-state index contributed by atoms with van der Waals surface area (Å²) in [6, 6.07) is 52.6. The second-order valence-corrected chi connectivity index (χ2v) is 28.9. The summed E-state index contributed by atoms with van der Waals surface area (Å²) in [6.45, 7) is 13.0. The Balaban J connectivity index is 0.000000232. The van der Waals surface area contributed by atoms with Crippen LogP contribution in [0.5, 0.6) is 0 Å². The maximum atomic E-state index is 8.44. The zero-order valence-corrected chi connectivity index (χ0v) is 42.5. The van der Waals surface area contributed by atoms with Gasteiger partial charge < -0.3 is 8.98 Å². The monoisotopic (exact) mass is 1080 g/mol. The number of benzene rings is 6. The summed E-state index contributed by atoms with van der Waals surface area (Å²) in [5.74, 6) is 7.77. The summed E-state index contributed by atoms with van der Waals surface area (Å²) in [5, 5.41) is 3.17. The van der Waals surface area contributed by atoms with E-state index < -0.39 is 19.2 Å². The molecule has 0 unspecified atom stereocenters. The predicted octanol–water partition coefficient (Wildman–Crippen LogP) is 15.1. The normalized spacial score (nSPS) is 12.2. The third kappa shape index (κ3) is 8.52. The van der Waals surface area contributed by atoms with Gasteiger partial charge in [0.15, 0.2) is 0 Å². The molecule has 323 valence electrons. The van der Waals surface area contributed by atoms with Crippen LogP contribution in [0.15, 0.2) is 150 Å². The quantitative estimate of drug-likeness (QED) is 0.112. The average Bonchev–Trinajstić information content (AvgIpc) is 3.88. The summed E-state index contributed by atoms with van der Waals surface area (Å²) in [4.78, 5) is 15.0. The largest absolute Gasteiger partial charge is 0 e. The van der Waals surface area contributed by atoms with Crippen LogP contribution >= 0.6 is 0 Å². The van der Waals surface area contributed by atoms with Crippen molar-refractivity contribution in [1.82, 2.24) is 19.5 Å². The number of furan rings is 1. The standard InChI is InChI=1S/C40H32N3O.C17H22GeN.Ir/c1-24(2)32-21-27(26-13-6-5-7-14-26)22-33(25(3)4)38(32)43-35-23-41-34-19-10-8-16-30(34)37(35)42-40(43)31-18-12-17-29-28-15-9-11-20-36(28)44-39(29)31;1-13(2)15-11-17(14-9-7-6-8-10-14)19-12-16(15)18(3,4)5;/h5-17,19-25H,1-4H3;6-9,11-13H,1-5H3;/q2*-1;/i;13D;. The van der Waals surface area contributed by atoms with Crippen molar-refractivity contribution in [3.8, 4) is 39.5 Å². The van der Waals surface area contributed by atoms with Crippen molar-refractivity contribution in [2.24, 2.45) is 0 Å². The summed E-state index contributed by atoms with van der Waals surface area (Å²) in [6.07, 6.45) is 3.98. The fourth-order valence-corrected chi connectivity index (χ4v) is 12.0. The van der Waals surface area contributed by atoms with Crippen molar-refractivity contribution in [3.05, 3.63) is 175 Å². The topological polar surface area (TPSA) is 56.7 Å². The van der Waals surface area contributed by atoms with Crippen LogP contribution in [0.25, 0.3) is 83.3 Å². The van der Waals surface area contributed by atoms with Gasteiger partial charge in [-0.05, 0) is 58.4 Å². The Morgan fingerprint density at radius 2 is 1.31 bits per heavy atom. The minimum Gasteiger partial charge on any atom is 0 e. The molecular formula is C57H54GeIrN4O-2. The molecule has 5 nitrogen and oxygen atoms in total. The van der Waals surface area contributed by atoms with Crippen molar-refractivity contribution >= 4 is 61.5 Å². The van der Waals surface area contributed by atoms with Crippen molar-refractivity contribution in [2.75, 3.05) is 0 Å². The number of fused-ring (bicyclic) bond motifs is 6. The Morgan fingerprint density at radius 1 is 0.641 bits per heavy atom. The maximum Gasteiger partial charge on any atom is 0 e. The fraction of sp³-hybridized carbons (Fsp3) is 0.211. The molecule has 0 saturated carbocycles. The van der Waals surface area contributed by atoms with Crippen LogP contribution in [0.1, 0.15) is 77.3 Å². The molecule has 0 amide bonds. The van der Waals surface area contributed by atoms with Crippen LogP contribution in [0.3, 0.4) is 0 Å². The second kappa shape index (κ2) is 18.4. The Morgan fingerprint density at radius 3 is 1.98 bits per heavy atom. The van der Waals surface area contributed by atoms with Crippen LogP contribution in [-0.2, 0) is 20.1 Å². The summed E-state index contributed by atoms with van der Waals surface area (Å²) < 4.78 is 18.6. The maximum absolute atomic E-state index is 8.44. The van der Waals surface area contributed by atoms with E-state index in [1.807, 2.05) is 80.8 Å². The van der Waals surface area contributed by atoms with Gasteiger partial charge in [-0.1, -0.05) is 105 Å². The Labute approximate surface area is 395 Å². The predicted molar refractivity (Wildman–Crippen MR) is 267 cm³/mol. The van der Waals surface area contributed by atoms with Crippen LogP contribution in [-0.4, -0.2) is 32.8 Å². The number of imidazole rings is 1. The van der Waals surface area contributed by atoms with E-state index >= 15 is 0 Å². The Hall–Kier alpha value is -5.66. The first-order valence-electron chi connectivity index (χ1n) is 22.5. The van der Waals surface area contributed by atoms with Crippen LogP contribution in [0, 0.1) is 12.1 Å². The third-order valence-corrected chi connectivity index (χ3v) is 16.2. The van der Waals surface area contributed by atoms with Gasteiger partial charge in [-0.25, -0.2) is 0 Å². The van der Waals surface area contributed by atoms with Gasteiger partial charge in [-0.15, -0.1) is 18.2 Å². The average molecular weight is 1080 g/mol. The van der Waals surface area contributed by atoms with Gasteiger partial charge in [0.2, 0.25) is 0 Å². The molecule has 0 atom stereocenters. The number of hydrogen-bond donors (Lipinski definition) is 0.